The van der Waals surface area contributed by atoms with E-state index >= 15 is 0 Å². The number of nitro groups is 1. The van der Waals surface area contributed by atoms with Gasteiger partial charge in [0.1, 0.15) is 17.9 Å². The van der Waals surface area contributed by atoms with Crippen LogP contribution in [-0.2, 0) is 16.1 Å². The highest BCUT2D eigenvalue weighted by Crippen LogP contribution is 2.30. The number of carbonyl (C=O) groups is 3. The Labute approximate surface area is 203 Å². The van der Waals surface area contributed by atoms with Crippen LogP contribution in [0, 0.1) is 10.1 Å². The lowest BCUT2D eigenvalue weighted by Gasteiger charge is -2.26. The molecule has 1 unspecified atom stereocenters. The number of ether oxygens (including phenoxy) is 1. The van der Waals surface area contributed by atoms with Crippen LogP contribution < -0.4 is 5.56 Å². The predicted octanol–water partition coefficient (Wildman–Crippen LogP) is 1.64. The molecule has 2 aliphatic rings. The number of imide groups is 1. The van der Waals surface area contributed by atoms with Crippen molar-refractivity contribution in [2.24, 2.45) is 0 Å². The van der Waals surface area contributed by atoms with Gasteiger partial charge in [-0.2, -0.15) is 0 Å². The summed E-state index contributed by atoms with van der Waals surface area (Å²) in [5.74, 6) is -2.02. The summed E-state index contributed by atoms with van der Waals surface area (Å²) in [7, 11) is 0. The van der Waals surface area contributed by atoms with Crippen molar-refractivity contribution in [3.8, 4) is 0 Å². The van der Waals surface area contributed by atoms with E-state index in [4.69, 9.17) is 4.74 Å². The van der Waals surface area contributed by atoms with E-state index in [1.54, 1.807) is 24.3 Å². The molecule has 0 saturated carbocycles. The molecule has 0 spiro atoms. The normalized spacial score (nSPS) is 17.0. The maximum atomic E-state index is 13.4. The Bertz CT molecular complexity index is 1460. The molecule has 3 amide bonds. The third-order valence-corrected chi connectivity index (χ3v) is 6.27. The monoisotopic (exact) mass is 491 g/mol. The smallest absolute Gasteiger partial charge is 0.282 e. The highest BCUT2D eigenvalue weighted by molar-refractivity contribution is 6.24. The third kappa shape index (κ3) is 4.22. The van der Waals surface area contributed by atoms with Crippen molar-refractivity contribution in [1.82, 2.24) is 19.8 Å². The summed E-state index contributed by atoms with van der Waals surface area (Å²) in [5, 5.41) is 11.8. The second-order valence-electron chi connectivity index (χ2n) is 8.59. The maximum absolute atomic E-state index is 13.4. The van der Waals surface area contributed by atoms with Crippen molar-refractivity contribution >= 4 is 34.3 Å². The second-order valence-corrected chi connectivity index (χ2v) is 8.59. The minimum atomic E-state index is -0.898. The van der Waals surface area contributed by atoms with Crippen LogP contribution in [0.3, 0.4) is 0 Å². The average Bonchev–Trinajstić information content (AvgIpc) is 3.46. The summed E-state index contributed by atoms with van der Waals surface area (Å²) >= 11 is 0. The number of fused-ring (bicyclic) bond motifs is 2. The fourth-order valence-electron chi connectivity index (χ4n) is 4.53. The van der Waals surface area contributed by atoms with Crippen molar-refractivity contribution in [3.05, 3.63) is 79.9 Å². The van der Waals surface area contributed by atoms with Gasteiger partial charge in [-0.05, 0) is 31.0 Å². The van der Waals surface area contributed by atoms with Gasteiger partial charge in [-0.3, -0.25) is 34.2 Å². The van der Waals surface area contributed by atoms with Crippen LogP contribution in [-0.4, -0.2) is 68.2 Å². The van der Waals surface area contributed by atoms with Crippen LogP contribution in [0.4, 0.5) is 5.69 Å². The van der Waals surface area contributed by atoms with Crippen molar-refractivity contribution < 1.29 is 24.0 Å². The average molecular weight is 491 g/mol. The van der Waals surface area contributed by atoms with Crippen molar-refractivity contribution in [2.75, 3.05) is 19.7 Å². The number of aromatic nitrogens is 2. The summed E-state index contributed by atoms with van der Waals surface area (Å²) in [6, 6.07) is 10.6. The fraction of sp³-hybridized carbons (Fsp3) is 0.292. The van der Waals surface area contributed by atoms with E-state index in [0.29, 0.717) is 22.4 Å². The van der Waals surface area contributed by atoms with Gasteiger partial charge in [-0.15, -0.1) is 0 Å². The number of benzene rings is 2. The lowest BCUT2D eigenvalue weighted by Crippen LogP contribution is -2.45. The van der Waals surface area contributed by atoms with Gasteiger partial charge < -0.3 is 14.6 Å². The number of nitro benzene ring substituents is 1. The zero-order valence-corrected chi connectivity index (χ0v) is 19.0. The van der Waals surface area contributed by atoms with Crippen LogP contribution >= 0.6 is 0 Å². The van der Waals surface area contributed by atoms with Gasteiger partial charge in [0.25, 0.3) is 23.1 Å². The Morgan fingerprint density at radius 3 is 2.72 bits per heavy atom. The number of rotatable bonds is 7. The number of nitrogens with one attached hydrogen (secondary N) is 1. The molecule has 12 heteroatoms. The molecule has 3 aromatic rings. The van der Waals surface area contributed by atoms with E-state index in [9.17, 15) is 29.3 Å². The van der Waals surface area contributed by atoms with Crippen LogP contribution in [0.5, 0.6) is 0 Å². The van der Waals surface area contributed by atoms with Crippen molar-refractivity contribution in [1.29, 1.82) is 0 Å². The molecule has 1 atom stereocenters. The minimum absolute atomic E-state index is 0.0813. The predicted molar refractivity (Wildman–Crippen MR) is 125 cm³/mol. The topological polar surface area (TPSA) is 156 Å². The molecule has 1 aromatic heterocycles. The molecule has 3 heterocycles. The highest BCUT2D eigenvalue weighted by Gasteiger charge is 2.42. The molecule has 36 heavy (non-hydrogen) atoms. The number of H-pyrrole nitrogens is 1. The number of amides is 3. The fourth-order valence-corrected chi connectivity index (χ4v) is 4.53. The molecule has 12 nitrogen and oxygen atoms in total. The Kier molecular flexibility index (Phi) is 6.02. The van der Waals surface area contributed by atoms with Crippen LogP contribution in [0.1, 0.15) is 39.4 Å². The van der Waals surface area contributed by atoms with Crippen LogP contribution in [0.2, 0.25) is 0 Å². The summed E-state index contributed by atoms with van der Waals surface area (Å²) in [6.07, 6.45) is 1.31. The molecule has 2 aromatic carbocycles. The first-order valence-corrected chi connectivity index (χ1v) is 11.3. The first-order chi connectivity index (χ1) is 17.3. The quantitative estimate of drug-likeness (QED) is 0.297. The number of nitrogens with zero attached hydrogens (tertiary/aromatic N) is 4. The van der Waals surface area contributed by atoms with Gasteiger partial charge in [0.05, 0.1) is 34.0 Å². The summed E-state index contributed by atoms with van der Waals surface area (Å²) in [4.78, 5) is 71.5. The van der Waals surface area contributed by atoms with Crippen LogP contribution in [0.15, 0.2) is 47.3 Å². The van der Waals surface area contributed by atoms with Crippen LogP contribution in [0.25, 0.3) is 10.9 Å². The zero-order valence-electron chi connectivity index (χ0n) is 19.0. The molecule has 5 rings (SSSR count). The van der Waals surface area contributed by atoms with E-state index in [2.05, 4.69) is 9.97 Å². The van der Waals surface area contributed by atoms with Gasteiger partial charge in [0.15, 0.2) is 0 Å². The van der Waals surface area contributed by atoms with E-state index in [1.807, 2.05) is 0 Å². The third-order valence-electron chi connectivity index (χ3n) is 6.27. The van der Waals surface area contributed by atoms with Gasteiger partial charge in [-0.25, -0.2) is 4.98 Å². The molecule has 184 valence electrons. The number of carbonyl (C=O) groups excluding carboxylic acids is 3. The molecule has 0 aliphatic carbocycles. The lowest BCUT2D eigenvalue weighted by atomic mass is 10.1. The molecule has 0 radical (unpaired) electrons. The van der Waals surface area contributed by atoms with Crippen molar-refractivity contribution in [3.63, 3.8) is 0 Å². The number of para-hydroxylation sites is 1. The lowest BCUT2D eigenvalue weighted by molar-refractivity contribution is -0.385. The zero-order chi connectivity index (χ0) is 25.4. The Hall–Kier alpha value is -4.45. The highest BCUT2D eigenvalue weighted by atomic mass is 16.6. The van der Waals surface area contributed by atoms with E-state index in [-0.39, 0.29) is 41.7 Å². The minimum Gasteiger partial charge on any atom is -0.376 e. The van der Waals surface area contributed by atoms with Gasteiger partial charge in [-0.1, -0.05) is 18.2 Å². The first kappa shape index (κ1) is 23.3. The molecule has 1 fully saturated rings. The van der Waals surface area contributed by atoms with Gasteiger partial charge in [0, 0.05) is 19.2 Å². The molecular weight excluding hydrogens is 470 g/mol. The summed E-state index contributed by atoms with van der Waals surface area (Å²) in [5.41, 5.74) is -0.823. The number of hydrogen-bond acceptors (Lipinski definition) is 8. The summed E-state index contributed by atoms with van der Waals surface area (Å²) < 4.78 is 5.66. The first-order valence-electron chi connectivity index (χ1n) is 11.3. The van der Waals surface area contributed by atoms with E-state index < -0.39 is 34.9 Å². The Morgan fingerprint density at radius 2 is 1.97 bits per heavy atom. The maximum Gasteiger partial charge on any atom is 0.282 e. The Balaban J connectivity index is 1.41. The van der Waals surface area contributed by atoms with Gasteiger partial charge >= 0.3 is 0 Å². The second kappa shape index (κ2) is 9.30. The number of hydrogen-bond donors (Lipinski definition) is 1. The molecule has 2 aliphatic heterocycles. The van der Waals surface area contributed by atoms with Crippen molar-refractivity contribution in [2.45, 2.75) is 25.5 Å². The SMILES string of the molecule is O=C(CN1C(=O)c2cccc([N+](=O)[O-])c2C1=O)N(Cc1nc2ccccc2c(=O)[nH]1)CC1CCCO1. The van der Waals surface area contributed by atoms with Gasteiger partial charge in [0.2, 0.25) is 5.91 Å². The standard InChI is InChI=1S/C24H21N5O7/c30-20(13-28-23(32)16-7-3-9-18(29(34)35)21(16)24(28)33)27(11-14-5-4-10-36-14)12-19-25-17-8-2-1-6-15(17)22(31)26-19/h1-3,6-9,14H,4-5,10-13H2,(H,25,26,31). The number of aromatic amines is 1. The van der Waals surface area contributed by atoms with E-state index in [1.165, 1.54) is 17.0 Å². The molecular formula is C24H21N5O7. The largest absolute Gasteiger partial charge is 0.376 e. The molecule has 0 bridgehead atoms. The molecule has 1 saturated heterocycles. The Morgan fingerprint density at radius 1 is 1.17 bits per heavy atom. The molecule has 1 N–H and O–H groups in total. The van der Waals surface area contributed by atoms with E-state index in [0.717, 1.165) is 18.9 Å². The summed E-state index contributed by atoms with van der Waals surface area (Å²) in [6.45, 7) is 0.0225.